The van der Waals surface area contributed by atoms with Gasteiger partial charge in [0.1, 0.15) is 12.4 Å². The SMILES string of the molecule is [CH]c1ccccc1OCc1ccccc1. The molecule has 0 atom stereocenters. The quantitative estimate of drug-likeness (QED) is 0.731. The minimum Gasteiger partial charge on any atom is -0.489 e. The fourth-order valence-corrected chi connectivity index (χ4v) is 1.35. The van der Waals surface area contributed by atoms with Gasteiger partial charge in [0.15, 0.2) is 0 Å². The second-order valence-electron chi connectivity index (χ2n) is 3.31. The van der Waals surface area contributed by atoms with Crippen molar-refractivity contribution in [1.29, 1.82) is 0 Å². The standard InChI is InChI=1S/C14H12O/c1-12-7-5-6-10-14(12)15-11-13-8-3-2-4-9-13/h1-10H,11H2. The summed E-state index contributed by atoms with van der Waals surface area (Å²) < 4.78 is 5.60. The van der Waals surface area contributed by atoms with Crippen LogP contribution in [0.15, 0.2) is 54.6 Å². The number of para-hydroxylation sites is 1. The Bertz CT molecular complexity index is 420. The molecule has 2 radical (unpaired) electrons. The zero-order valence-corrected chi connectivity index (χ0v) is 8.39. The molecule has 0 amide bonds. The Hall–Kier alpha value is -1.76. The van der Waals surface area contributed by atoms with Gasteiger partial charge in [-0.05, 0) is 17.2 Å². The lowest BCUT2D eigenvalue weighted by molar-refractivity contribution is 0.305. The summed E-state index contributed by atoms with van der Waals surface area (Å²) in [6, 6.07) is 17.5. The molecule has 1 nitrogen and oxygen atoms in total. The van der Waals surface area contributed by atoms with E-state index < -0.39 is 0 Å². The summed E-state index contributed by atoms with van der Waals surface area (Å²) >= 11 is 0. The zero-order valence-electron chi connectivity index (χ0n) is 8.39. The largest absolute Gasteiger partial charge is 0.489 e. The van der Waals surface area contributed by atoms with Crippen molar-refractivity contribution >= 4 is 0 Å². The van der Waals surface area contributed by atoms with Crippen LogP contribution in [0.4, 0.5) is 0 Å². The Morgan fingerprint density at radius 1 is 0.867 bits per heavy atom. The van der Waals surface area contributed by atoms with Crippen LogP contribution in [0.5, 0.6) is 5.75 Å². The van der Waals surface area contributed by atoms with Crippen molar-refractivity contribution in [3.8, 4) is 5.75 Å². The molecule has 2 rings (SSSR count). The van der Waals surface area contributed by atoms with Crippen LogP contribution < -0.4 is 4.74 Å². The van der Waals surface area contributed by atoms with E-state index in [1.807, 2.05) is 54.6 Å². The topological polar surface area (TPSA) is 9.23 Å². The van der Waals surface area contributed by atoms with E-state index in [4.69, 9.17) is 11.7 Å². The molecular formula is C14H12O. The van der Waals surface area contributed by atoms with Crippen LogP contribution in [-0.2, 0) is 6.61 Å². The third kappa shape index (κ3) is 2.59. The summed E-state index contributed by atoms with van der Waals surface area (Å²) in [6.45, 7) is 6.31. The first-order valence-corrected chi connectivity index (χ1v) is 4.87. The maximum atomic E-state index is 5.76. The lowest BCUT2D eigenvalue weighted by Crippen LogP contribution is -1.96. The predicted molar refractivity (Wildman–Crippen MR) is 60.6 cm³/mol. The normalized spacial score (nSPS) is 9.93. The number of rotatable bonds is 3. The highest BCUT2D eigenvalue weighted by atomic mass is 16.5. The highest BCUT2D eigenvalue weighted by Crippen LogP contribution is 2.17. The first kappa shape index (κ1) is 9.78. The van der Waals surface area contributed by atoms with E-state index in [2.05, 4.69) is 0 Å². The molecule has 1 heteroatoms. The number of hydrogen-bond donors (Lipinski definition) is 0. The molecule has 0 aliphatic rings. The van der Waals surface area contributed by atoms with Crippen LogP contribution in [-0.4, -0.2) is 0 Å². The first-order chi connectivity index (χ1) is 7.36. The van der Waals surface area contributed by atoms with Crippen LogP contribution in [0.25, 0.3) is 0 Å². The Morgan fingerprint density at radius 3 is 2.27 bits per heavy atom. The van der Waals surface area contributed by atoms with E-state index in [9.17, 15) is 0 Å². The summed E-state index contributed by atoms with van der Waals surface area (Å²) in [5.74, 6) is 0.737. The fourth-order valence-electron chi connectivity index (χ4n) is 1.35. The van der Waals surface area contributed by atoms with Crippen molar-refractivity contribution in [2.45, 2.75) is 6.61 Å². The highest BCUT2D eigenvalue weighted by molar-refractivity contribution is 5.35. The Balaban J connectivity index is 2.03. The summed E-state index contributed by atoms with van der Waals surface area (Å²) in [4.78, 5) is 0. The van der Waals surface area contributed by atoms with Gasteiger partial charge in [0.2, 0.25) is 0 Å². The van der Waals surface area contributed by atoms with Gasteiger partial charge < -0.3 is 4.74 Å². The molecule has 2 aromatic rings. The third-order valence-electron chi connectivity index (χ3n) is 2.16. The van der Waals surface area contributed by atoms with E-state index in [1.165, 1.54) is 0 Å². The van der Waals surface area contributed by atoms with Crippen LogP contribution in [0.3, 0.4) is 0 Å². The minimum absolute atomic E-state index is 0.551. The monoisotopic (exact) mass is 196 g/mol. The lowest BCUT2D eigenvalue weighted by atomic mass is 10.2. The van der Waals surface area contributed by atoms with Gasteiger partial charge in [0.25, 0.3) is 0 Å². The Labute approximate surface area is 90.3 Å². The van der Waals surface area contributed by atoms with Gasteiger partial charge >= 0.3 is 0 Å². The van der Waals surface area contributed by atoms with Crippen molar-refractivity contribution in [1.82, 2.24) is 0 Å². The van der Waals surface area contributed by atoms with Crippen LogP contribution >= 0.6 is 0 Å². The summed E-state index contributed by atoms with van der Waals surface area (Å²) in [5.41, 5.74) is 1.81. The fraction of sp³-hybridized carbons (Fsp3) is 0.0714. The maximum absolute atomic E-state index is 5.76. The zero-order chi connectivity index (χ0) is 10.5. The van der Waals surface area contributed by atoms with Crippen molar-refractivity contribution in [2.75, 3.05) is 0 Å². The highest BCUT2D eigenvalue weighted by Gasteiger charge is 1.97. The molecule has 15 heavy (non-hydrogen) atoms. The smallest absolute Gasteiger partial charge is 0.123 e. The first-order valence-electron chi connectivity index (χ1n) is 4.87. The molecule has 0 unspecified atom stereocenters. The molecule has 0 bridgehead atoms. The van der Waals surface area contributed by atoms with Gasteiger partial charge in [-0.25, -0.2) is 0 Å². The van der Waals surface area contributed by atoms with Crippen LogP contribution in [0, 0.1) is 6.92 Å². The molecular weight excluding hydrogens is 184 g/mol. The van der Waals surface area contributed by atoms with Gasteiger partial charge in [-0.3, -0.25) is 0 Å². The summed E-state index contributed by atoms with van der Waals surface area (Å²) in [5, 5.41) is 0. The van der Waals surface area contributed by atoms with Crippen LogP contribution in [0.2, 0.25) is 0 Å². The second kappa shape index (κ2) is 4.65. The van der Waals surface area contributed by atoms with Gasteiger partial charge in [-0.2, -0.15) is 0 Å². The second-order valence-corrected chi connectivity index (χ2v) is 3.31. The molecule has 0 aromatic heterocycles. The molecule has 0 N–H and O–H groups in total. The Morgan fingerprint density at radius 2 is 1.53 bits per heavy atom. The van der Waals surface area contributed by atoms with Gasteiger partial charge in [0.05, 0.1) is 0 Å². The van der Waals surface area contributed by atoms with Crippen LogP contribution in [0.1, 0.15) is 11.1 Å². The van der Waals surface area contributed by atoms with Gasteiger partial charge in [0, 0.05) is 6.92 Å². The van der Waals surface area contributed by atoms with Crippen molar-refractivity contribution in [2.24, 2.45) is 0 Å². The molecule has 0 heterocycles. The number of benzene rings is 2. The lowest BCUT2D eigenvalue weighted by Gasteiger charge is -2.08. The molecule has 2 aromatic carbocycles. The Kier molecular flexibility index (Phi) is 3.03. The van der Waals surface area contributed by atoms with Crippen molar-refractivity contribution in [3.63, 3.8) is 0 Å². The summed E-state index contributed by atoms with van der Waals surface area (Å²) in [6.07, 6.45) is 0. The summed E-state index contributed by atoms with van der Waals surface area (Å²) in [7, 11) is 0. The predicted octanol–water partition coefficient (Wildman–Crippen LogP) is 3.32. The third-order valence-corrected chi connectivity index (χ3v) is 2.16. The van der Waals surface area contributed by atoms with E-state index in [1.54, 1.807) is 0 Å². The minimum atomic E-state index is 0.551. The average molecular weight is 196 g/mol. The van der Waals surface area contributed by atoms with E-state index in [0.29, 0.717) is 12.2 Å². The molecule has 74 valence electrons. The van der Waals surface area contributed by atoms with E-state index in [0.717, 1.165) is 11.3 Å². The van der Waals surface area contributed by atoms with E-state index >= 15 is 0 Å². The van der Waals surface area contributed by atoms with Gasteiger partial charge in [-0.1, -0.05) is 48.5 Å². The molecule has 0 fully saturated rings. The number of ether oxygens (including phenoxy) is 1. The molecule has 0 saturated heterocycles. The van der Waals surface area contributed by atoms with E-state index in [-0.39, 0.29) is 0 Å². The maximum Gasteiger partial charge on any atom is 0.123 e. The molecule has 0 spiro atoms. The molecule has 0 aliphatic heterocycles. The average Bonchev–Trinajstić information content (AvgIpc) is 2.29. The van der Waals surface area contributed by atoms with Crippen molar-refractivity contribution < 1.29 is 4.74 Å². The van der Waals surface area contributed by atoms with Gasteiger partial charge in [-0.15, -0.1) is 0 Å². The molecule has 0 aliphatic carbocycles. The molecule has 0 saturated carbocycles. The number of hydrogen-bond acceptors (Lipinski definition) is 1. The van der Waals surface area contributed by atoms with Crippen molar-refractivity contribution in [3.05, 3.63) is 72.6 Å².